The third kappa shape index (κ3) is 2.83. The molecule has 1 fully saturated rings. The van der Waals surface area contributed by atoms with E-state index in [9.17, 15) is 0 Å². The molecular formula is C13H22N2S. The third-order valence-corrected chi connectivity index (χ3v) is 4.62. The summed E-state index contributed by atoms with van der Waals surface area (Å²) in [5.41, 5.74) is 0. The smallest absolute Gasteiger partial charge is 0.109 e. The number of hydrogen-bond donors (Lipinski definition) is 1. The fourth-order valence-electron chi connectivity index (χ4n) is 2.68. The largest absolute Gasteiger partial charge is 0.305 e. The molecule has 2 unspecified atom stereocenters. The number of rotatable bonds is 5. The topological polar surface area (TPSA) is 24.9 Å². The van der Waals surface area contributed by atoms with Gasteiger partial charge in [0.2, 0.25) is 0 Å². The second-order valence-electron chi connectivity index (χ2n) is 4.83. The van der Waals surface area contributed by atoms with E-state index in [0.29, 0.717) is 12.1 Å². The van der Waals surface area contributed by atoms with Crippen molar-refractivity contribution in [1.82, 2.24) is 10.3 Å². The highest BCUT2D eigenvalue weighted by molar-refractivity contribution is 7.09. The minimum absolute atomic E-state index is 0.454. The van der Waals surface area contributed by atoms with Crippen LogP contribution >= 0.6 is 11.3 Å². The van der Waals surface area contributed by atoms with Gasteiger partial charge >= 0.3 is 0 Å². The summed E-state index contributed by atoms with van der Waals surface area (Å²) >= 11 is 1.77. The summed E-state index contributed by atoms with van der Waals surface area (Å²) < 4.78 is 0. The molecule has 0 aliphatic heterocycles. The molecule has 1 aromatic heterocycles. The van der Waals surface area contributed by atoms with Crippen LogP contribution < -0.4 is 5.32 Å². The van der Waals surface area contributed by atoms with Gasteiger partial charge in [-0.1, -0.05) is 19.8 Å². The second-order valence-corrected chi connectivity index (χ2v) is 5.76. The van der Waals surface area contributed by atoms with Crippen molar-refractivity contribution in [2.45, 2.75) is 58.0 Å². The molecule has 0 radical (unpaired) electrons. The molecule has 2 rings (SSSR count). The molecule has 2 atom stereocenters. The number of nitrogens with zero attached hydrogens (tertiary/aromatic N) is 1. The van der Waals surface area contributed by atoms with Crippen LogP contribution in [0.1, 0.15) is 57.0 Å². The SMILES string of the molecule is CCC(NC(C)C1CCCC1)c1nccs1. The van der Waals surface area contributed by atoms with Gasteiger partial charge in [0.05, 0.1) is 6.04 Å². The minimum atomic E-state index is 0.454. The fourth-order valence-corrected chi connectivity index (χ4v) is 3.46. The molecule has 90 valence electrons. The van der Waals surface area contributed by atoms with Gasteiger partial charge in [0, 0.05) is 17.6 Å². The normalized spacial score (nSPS) is 21.1. The maximum absolute atomic E-state index is 4.42. The van der Waals surface area contributed by atoms with E-state index in [2.05, 4.69) is 29.5 Å². The summed E-state index contributed by atoms with van der Waals surface area (Å²) in [6, 6.07) is 1.09. The van der Waals surface area contributed by atoms with Gasteiger partial charge in [-0.05, 0) is 32.1 Å². The molecule has 2 nitrogen and oxygen atoms in total. The predicted molar refractivity (Wildman–Crippen MR) is 69.7 cm³/mol. The Labute approximate surface area is 102 Å². The Morgan fingerprint density at radius 2 is 2.25 bits per heavy atom. The summed E-state index contributed by atoms with van der Waals surface area (Å²) in [4.78, 5) is 4.42. The highest BCUT2D eigenvalue weighted by Gasteiger charge is 2.24. The monoisotopic (exact) mass is 238 g/mol. The molecule has 1 saturated carbocycles. The highest BCUT2D eigenvalue weighted by atomic mass is 32.1. The number of hydrogen-bond acceptors (Lipinski definition) is 3. The van der Waals surface area contributed by atoms with Gasteiger partial charge in [0.1, 0.15) is 5.01 Å². The van der Waals surface area contributed by atoms with E-state index in [1.54, 1.807) is 11.3 Å². The second kappa shape index (κ2) is 5.78. The molecule has 0 bridgehead atoms. The van der Waals surface area contributed by atoms with Crippen LogP contribution in [0.25, 0.3) is 0 Å². The Balaban J connectivity index is 1.91. The van der Waals surface area contributed by atoms with Crippen molar-refractivity contribution in [3.05, 3.63) is 16.6 Å². The molecule has 0 saturated heterocycles. The van der Waals surface area contributed by atoms with Crippen molar-refractivity contribution in [3.8, 4) is 0 Å². The van der Waals surface area contributed by atoms with E-state index in [1.165, 1.54) is 30.7 Å². The molecule has 1 aliphatic carbocycles. The lowest BCUT2D eigenvalue weighted by Gasteiger charge is -2.25. The summed E-state index contributed by atoms with van der Waals surface area (Å²) in [5.74, 6) is 0.883. The van der Waals surface area contributed by atoms with Gasteiger partial charge in [0.15, 0.2) is 0 Å². The zero-order valence-electron chi connectivity index (χ0n) is 10.3. The van der Waals surface area contributed by atoms with Crippen LogP contribution in [0.15, 0.2) is 11.6 Å². The summed E-state index contributed by atoms with van der Waals surface area (Å²) in [6.07, 6.45) is 8.69. The summed E-state index contributed by atoms with van der Waals surface area (Å²) in [5, 5.41) is 7.07. The maximum Gasteiger partial charge on any atom is 0.109 e. The van der Waals surface area contributed by atoms with Crippen molar-refractivity contribution >= 4 is 11.3 Å². The van der Waals surface area contributed by atoms with E-state index in [0.717, 1.165) is 12.3 Å². The van der Waals surface area contributed by atoms with E-state index in [4.69, 9.17) is 0 Å². The molecule has 0 aromatic carbocycles. The van der Waals surface area contributed by atoms with Gasteiger partial charge in [-0.15, -0.1) is 11.3 Å². The molecule has 1 aromatic rings. The van der Waals surface area contributed by atoms with Crippen LogP contribution in [0.5, 0.6) is 0 Å². The van der Waals surface area contributed by atoms with Gasteiger partial charge in [-0.2, -0.15) is 0 Å². The van der Waals surface area contributed by atoms with Crippen LogP contribution in [-0.4, -0.2) is 11.0 Å². The Morgan fingerprint density at radius 1 is 1.50 bits per heavy atom. The Kier molecular flexibility index (Phi) is 4.36. The van der Waals surface area contributed by atoms with Crippen LogP contribution in [0, 0.1) is 5.92 Å². The average molecular weight is 238 g/mol. The first kappa shape index (κ1) is 12.1. The van der Waals surface area contributed by atoms with Gasteiger partial charge < -0.3 is 5.32 Å². The standard InChI is InChI=1S/C13H22N2S/c1-3-12(13-14-8-9-16-13)15-10(2)11-6-4-5-7-11/h8-12,15H,3-7H2,1-2H3. The van der Waals surface area contributed by atoms with Crippen LogP contribution in [0.4, 0.5) is 0 Å². The maximum atomic E-state index is 4.42. The quantitative estimate of drug-likeness (QED) is 0.845. The molecule has 1 aliphatic rings. The molecule has 1 heterocycles. The Morgan fingerprint density at radius 3 is 2.81 bits per heavy atom. The van der Waals surface area contributed by atoms with E-state index < -0.39 is 0 Å². The fraction of sp³-hybridized carbons (Fsp3) is 0.769. The third-order valence-electron chi connectivity index (χ3n) is 3.73. The molecule has 0 amide bonds. The van der Waals surface area contributed by atoms with Crippen LogP contribution in [0.2, 0.25) is 0 Å². The van der Waals surface area contributed by atoms with Crippen LogP contribution in [0.3, 0.4) is 0 Å². The lowest BCUT2D eigenvalue weighted by Crippen LogP contribution is -2.35. The Bertz CT molecular complexity index is 291. The zero-order chi connectivity index (χ0) is 11.4. The molecule has 1 N–H and O–H groups in total. The zero-order valence-corrected chi connectivity index (χ0v) is 11.1. The highest BCUT2D eigenvalue weighted by Crippen LogP contribution is 2.29. The Hall–Kier alpha value is -0.410. The van der Waals surface area contributed by atoms with Gasteiger partial charge in [0.25, 0.3) is 0 Å². The first-order valence-electron chi connectivity index (χ1n) is 6.46. The average Bonchev–Trinajstić information content (AvgIpc) is 2.96. The van der Waals surface area contributed by atoms with E-state index in [1.807, 2.05) is 6.20 Å². The number of thiazole rings is 1. The minimum Gasteiger partial charge on any atom is -0.305 e. The lowest BCUT2D eigenvalue weighted by atomic mass is 9.98. The van der Waals surface area contributed by atoms with Gasteiger partial charge in [-0.3, -0.25) is 0 Å². The van der Waals surface area contributed by atoms with Crippen molar-refractivity contribution in [2.75, 3.05) is 0 Å². The van der Waals surface area contributed by atoms with Gasteiger partial charge in [-0.25, -0.2) is 4.98 Å². The predicted octanol–water partition coefficient (Wildman–Crippen LogP) is 3.76. The molecule has 3 heteroatoms. The first-order chi connectivity index (χ1) is 7.81. The molecule has 16 heavy (non-hydrogen) atoms. The van der Waals surface area contributed by atoms with E-state index >= 15 is 0 Å². The van der Waals surface area contributed by atoms with Crippen molar-refractivity contribution in [3.63, 3.8) is 0 Å². The van der Waals surface area contributed by atoms with Crippen molar-refractivity contribution in [1.29, 1.82) is 0 Å². The summed E-state index contributed by atoms with van der Waals surface area (Å²) in [7, 11) is 0. The molecule has 0 spiro atoms. The first-order valence-corrected chi connectivity index (χ1v) is 7.34. The van der Waals surface area contributed by atoms with Crippen LogP contribution in [-0.2, 0) is 0 Å². The van der Waals surface area contributed by atoms with E-state index in [-0.39, 0.29) is 0 Å². The molecular weight excluding hydrogens is 216 g/mol. The van der Waals surface area contributed by atoms with Crippen molar-refractivity contribution < 1.29 is 0 Å². The number of aromatic nitrogens is 1. The lowest BCUT2D eigenvalue weighted by molar-refractivity contribution is 0.338. The van der Waals surface area contributed by atoms with Crippen molar-refractivity contribution in [2.24, 2.45) is 5.92 Å². The number of nitrogens with one attached hydrogen (secondary N) is 1. The summed E-state index contributed by atoms with van der Waals surface area (Å²) in [6.45, 7) is 4.58.